The van der Waals surface area contributed by atoms with Crippen molar-refractivity contribution in [1.82, 2.24) is 0 Å². The van der Waals surface area contributed by atoms with E-state index < -0.39 is 23.3 Å². The number of carbonyl (C=O) groups excluding carboxylic acids is 2. The van der Waals surface area contributed by atoms with Crippen LogP contribution in [-0.4, -0.2) is 18.5 Å². The molecule has 1 aliphatic rings. The number of aliphatic carboxylic acids is 1. The first-order valence-corrected chi connectivity index (χ1v) is 7.59. The molecule has 1 aromatic carbocycles. The molecule has 0 bridgehead atoms. The lowest BCUT2D eigenvalue weighted by molar-refractivity contribution is -0.319. The molecule has 0 spiro atoms. The van der Waals surface area contributed by atoms with Crippen LogP contribution in [0, 0.1) is 5.41 Å². The number of carbonyl (C=O) groups is 2. The topological polar surface area (TPSA) is 66.4 Å². The summed E-state index contributed by atoms with van der Waals surface area (Å²) in [5, 5.41) is 12.4. The normalized spacial score (nSPS) is 24.5. The molecule has 22 heavy (non-hydrogen) atoms. The van der Waals surface area contributed by atoms with Crippen LogP contribution in [0.5, 0.6) is 0 Å². The number of allylic oxidation sites excluding steroid dienone is 2. The number of halogens is 1. The second-order valence-electron chi connectivity index (χ2n) is 5.54. The second-order valence-corrected chi connectivity index (χ2v) is 5.98. The van der Waals surface area contributed by atoms with Gasteiger partial charge in [-0.15, -0.1) is 0 Å². The summed E-state index contributed by atoms with van der Waals surface area (Å²) in [4.78, 5) is 24.3. The van der Waals surface area contributed by atoms with Crippen molar-refractivity contribution in [3.63, 3.8) is 0 Å². The SMILES string of the molecule is CCOC(=O)[C@@]1(C(=O)[O-])CC=C(C)C[C@H]1c1ccc(Cl)cc1. The minimum absolute atomic E-state index is 0.0767. The van der Waals surface area contributed by atoms with Gasteiger partial charge in [0.05, 0.1) is 12.6 Å². The fraction of sp³-hybridized carbons (Fsp3) is 0.412. The van der Waals surface area contributed by atoms with Crippen LogP contribution < -0.4 is 5.11 Å². The molecule has 0 unspecified atom stereocenters. The third-order valence-corrected chi connectivity index (χ3v) is 4.42. The molecule has 2 rings (SSSR count). The standard InChI is InChI=1S/C17H19ClO4/c1-3-22-16(21)17(15(19)20)9-8-11(2)10-14(17)12-4-6-13(18)7-5-12/h4-8,14H,3,9-10H2,1-2H3,(H,19,20)/p-1/t14-,17-/m0/s1. The van der Waals surface area contributed by atoms with E-state index in [2.05, 4.69) is 0 Å². The van der Waals surface area contributed by atoms with E-state index in [9.17, 15) is 14.7 Å². The highest BCUT2D eigenvalue weighted by atomic mass is 35.5. The van der Waals surface area contributed by atoms with E-state index in [0.717, 1.165) is 11.1 Å². The van der Waals surface area contributed by atoms with Crippen LogP contribution >= 0.6 is 11.6 Å². The van der Waals surface area contributed by atoms with Gasteiger partial charge < -0.3 is 14.6 Å². The molecule has 0 aromatic heterocycles. The third kappa shape index (κ3) is 2.88. The van der Waals surface area contributed by atoms with Gasteiger partial charge in [0.1, 0.15) is 5.41 Å². The Kier molecular flexibility index (Phi) is 4.91. The largest absolute Gasteiger partial charge is 0.549 e. The summed E-state index contributed by atoms with van der Waals surface area (Å²) in [6.45, 7) is 3.71. The summed E-state index contributed by atoms with van der Waals surface area (Å²) in [7, 11) is 0. The van der Waals surface area contributed by atoms with Crippen molar-refractivity contribution >= 4 is 23.5 Å². The van der Waals surface area contributed by atoms with Gasteiger partial charge in [-0.2, -0.15) is 0 Å². The predicted octanol–water partition coefficient (Wildman–Crippen LogP) is 2.46. The van der Waals surface area contributed by atoms with Crippen molar-refractivity contribution in [2.75, 3.05) is 6.61 Å². The maximum Gasteiger partial charge on any atom is 0.318 e. The number of esters is 1. The molecule has 2 atom stereocenters. The smallest absolute Gasteiger partial charge is 0.318 e. The molecule has 1 aliphatic carbocycles. The summed E-state index contributed by atoms with van der Waals surface area (Å²) >= 11 is 5.89. The Morgan fingerprint density at radius 3 is 2.55 bits per heavy atom. The van der Waals surface area contributed by atoms with Gasteiger partial charge in [-0.3, -0.25) is 4.79 Å². The molecular weight excluding hydrogens is 304 g/mol. The number of hydrogen-bond donors (Lipinski definition) is 0. The van der Waals surface area contributed by atoms with E-state index in [1.54, 1.807) is 37.3 Å². The molecule has 0 saturated heterocycles. The molecular formula is C17H18ClO4-. The Labute approximate surface area is 134 Å². The molecule has 5 heteroatoms. The summed E-state index contributed by atoms with van der Waals surface area (Å²) in [5.41, 5.74) is 0.0961. The number of benzene rings is 1. The van der Waals surface area contributed by atoms with Crippen LogP contribution in [0.4, 0.5) is 0 Å². The highest BCUT2D eigenvalue weighted by Gasteiger charge is 2.50. The average Bonchev–Trinajstić information content (AvgIpc) is 2.48. The lowest BCUT2D eigenvalue weighted by Crippen LogP contribution is -2.53. The monoisotopic (exact) mass is 321 g/mol. The zero-order chi connectivity index (χ0) is 16.3. The molecule has 0 amide bonds. The summed E-state index contributed by atoms with van der Waals surface area (Å²) < 4.78 is 5.04. The van der Waals surface area contributed by atoms with E-state index in [-0.39, 0.29) is 13.0 Å². The van der Waals surface area contributed by atoms with E-state index >= 15 is 0 Å². The van der Waals surface area contributed by atoms with Crippen molar-refractivity contribution < 1.29 is 19.4 Å². The van der Waals surface area contributed by atoms with Crippen LogP contribution in [-0.2, 0) is 14.3 Å². The summed E-state index contributed by atoms with van der Waals surface area (Å²) in [6.07, 6.45) is 2.32. The van der Waals surface area contributed by atoms with Crippen LogP contribution in [0.15, 0.2) is 35.9 Å². The lowest BCUT2D eigenvalue weighted by atomic mass is 9.64. The molecule has 0 radical (unpaired) electrons. The van der Waals surface area contributed by atoms with Gasteiger partial charge in [0, 0.05) is 10.9 Å². The number of carboxylic acids is 1. The Balaban J connectivity index is 2.54. The fourth-order valence-corrected chi connectivity index (χ4v) is 3.07. The number of ether oxygens (including phenoxy) is 1. The van der Waals surface area contributed by atoms with Crippen molar-refractivity contribution in [3.05, 3.63) is 46.5 Å². The zero-order valence-corrected chi connectivity index (χ0v) is 13.4. The average molecular weight is 322 g/mol. The van der Waals surface area contributed by atoms with Crippen molar-refractivity contribution in [3.8, 4) is 0 Å². The van der Waals surface area contributed by atoms with Crippen molar-refractivity contribution in [1.29, 1.82) is 0 Å². The van der Waals surface area contributed by atoms with Crippen LogP contribution in [0.2, 0.25) is 5.02 Å². The highest BCUT2D eigenvalue weighted by Crippen LogP contribution is 2.47. The van der Waals surface area contributed by atoms with Gasteiger partial charge in [-0.05, 0) is 44.4 Å². The highest BCUT2D eigenvalue weighted by molar-refractivity contribution is 6.30. The molecule has 4 nitrogen and oxygen atoms in total. The first-order valence-electron chi connectivity index (χ1n) is 7.21. The van der Waals surface area contributed by atoms with Crippen LogP contribution in [0.25, 0.3) is 0 Å². The van der Waals surface area contributed by atoms with Crippen molar-refractivity contribution in [2.24, 2.45) is 5.41 Å². The molecule has 0 aliphatic heterocycles. The van der Waals surface area contributed by atoms with E-state index in [1.165, 1.54) is 0 Å². The van der Waals surface area contributed by atoms with E-state index in [4.69, 9.17) is 16.3 Å². The van der Waals surface area contributed by atoms with Crippen LogP contribution in [0.3, 0.4) is 0 Å². The molecule has 1 aromatic rings. The van der Waals surface area contributed by atoms with Crippen molar-refractivity contribution in [2.45, 2.75) is 32.6 Å². The molecule has 0 N–H and O–H groups in total. The van der Waals surface area contributed by atoms with E-state index in [0.29, 0.717) is 11.4 Å². The van der Waals surface area contributed by atoms with Gasteiger partial charge in [0.15, 0.2) is 0 Å². The Hall–Kier alpha value is -1.81. The van der Waals surface area contributed by atoms with Gasteiger partial charge in [0.25, 0.3) is 0 Å². The summed E-state index contributed by atoms with van der Waals surface area (Å²) in [6, 6.07) is 6.89. The Morgan fingerprint density at radius 1 is 1.36 bits per heavy atom. The second kappa shape index (κ2) is 6.53. The number of hydrogen-bond acceptors (Lipinski definition) is 4. The fourth-order valence-electron chi connectivity index (χ4n) is 2.95. The molecule has 0 fully saturated rings. The summed E-state index contributed by atoms with van der Waals surface area (Å²) in [5.74, 6) is -2.66. The first kappa shape index (κ1) is 16.6. The van der Waals surface area contributed by atoms with Crippen LogP contribution in [0.1, 0.15) is 38.2 Å². The third-order valence-electron chi connectivity index (χ3n) is 4.17. The predicted molar refractivity (Wildman–Crippen MR) is 81.3 cm³/mol. The molecule has 0 heterocycles. The Bertz CT molecular complexity index is 606. The van der Waals surface area contributed by atoms with Gasteiger partial charge in [-0.25, -0.2) is 0 Å². The maximum absolute atomic E-state index is 12.4. The van der Waals surface area contributed by atoms with Gasteiger partial charge in [-0.1, -0.05) is 35.4 Å². The Morgan fingerprint density at radius 2 is 2.00 bits per heavy atom. The number of carboxylic acid groups (broad SMARTS) is 1. The van der Waals surface area contributed by atoms with E-state index in [1.807, 2.05) is 6.92 Å². The minimum atomic E-state index is -1.69. The zero-order valence-electron chi connectivity index (χ0n) is 12.6. The van der Waals surface area contributed by atoms with Gasteiger partial charge >= 0.3 is 5.97 Å². The maximum atomic E-state index is 12.4. The first-order chi connectivity index (χ1) is 10.4. The molecule has 0 saturated carbocycles. The quantitative estimate of drug-likeness (QED) is 0.485. The number of rotatable bonds is 4. The molecule has 118 valence electrons. The minimum Gasteiger partial charge on any atom is -0.549 e. The lowest BCUT2D eigenvalue weighted by Gasteiger charge is -2.42. The van der Waals surface area contributed by atoms with Gasteiger partial charge in [0.2, 0.25) is 0 Å².